The molecule has 1 unspecified atom stereocenters. The Morgan fingerprint density at radius 3 is 2.72 bits per heavy atom. The first kappa shape index (κ1) is 16.6. The van der Waals surface area contributed by atoms with Gasteiger partial charge in [-0.25, -0.2) is 0 Å². The molecule has 0 radical (unpaired) electrons. The maximum atomic E-state index is 12.0. The van der Waals surface area contributed by atoms with Gasteiger partial charge in [0, 0.05) is 0 Å². The minimum absolute atomic E-state index is 0. The van der Waals surface area contributed by atoms with Crippen LogP contribution in [0.1, 0.15) is 18.5 Å². The Morgan fingerprint density at radius 2 is 2.17 bits per heavy atom. The van der Waals surface area contributed by atoms with E-state index in [4.69, 9.17) is 5.73 Å². The molecule has 0 fully saturated rings. The molecule has 0 heterocycles. The highest BCUT2D eigenvalue weighted by Gasteiger charge is 2.10. The van der Waals surface area contributed by atoms with Crippen molar-refractivity contribution in [1.82, 2.24) is 5.32 Å². The third kappa shape index (κ3) is 5.29. The first-order valence-electron chi connectivity index (χ1n) is 5.07. The summed E-state index contributed by atoms with van der Waals surface area (Å²) in [5, 5.41) is 2.62. The van der Waals surface area contributed by atoms with Crippen molar-refractivity contribution in [3.8, 4) is 5.75 Å². The molecule has 1 amide bonds. The van der Waals surface area contributed by atoms with Crippen molar-refractivity contribution in [1.29, 1.82) is 0 Å². The zero-order valence-electron chi connectivity index (χ0n) is 9.73. The molecule has 0 spiro atoms. The molecule has 0 aliphatic rings. The molecule has 1 aromatic rings. The Hall–Kier alpha value is -1.40. The molecule has 18 heavy (non-hydrogen) atoms. The summed E-state index contributed by atoms with van der Waals surface area (Å²) in [4.78, 5) is 11.1. The van der Waals surface area contributed by atoms with Crippen LogP contribution in [0.15, 0.2) is 24.3 Å². The van der Waals surface area contributed by atoms with Crippen LogP contribution in [0.4, 0.5) is 8.78 Å². The molecule has 4 nitrogen and oxygen atoms in total. The number of alkyl halides is 2. The van der Waals surface area contributed by atoms with Crippen LogP contribution in [-0.4, -0.2) is 19.1 Å². The summed E-state index contributed by atoms with van der Waals surface area (Å²) in [5.41, 5.74) is 5.83. The molecule has 0 aliphatic heterocycles. The first-order valence-corrected chi connectivity index (χ1v) is 5.07. The topological polar surface area (TPSA) is 64.4 Å². The van der Waals surface area contributed by atoms with Crippen LogP contribution < -0.4 is 15.8 Å². The smallest absolute Gasteiger partial charge is 0.387 e. The Bertz CT molecular complexity index is 391. The Balaban J connectivity index is 0.00000289. The summed E-state index contributed by atoms with van der Waals surface area (Å²) in [6.45, 7) is -1.24. The normalized spacial score (nSPS) is 11.6. The minimum Gasteiger partial charge on any atom is -0.435 e. The lowest BCUT2D eigenvalue weighted by molar-refractivity contribution is -0.120. The van der Waals surface area contributed by atoms with Crippen molar-refractivity contribution in [2.24, 2.45) is 5.73 Å². The lowest BCUT2D eigenvalue weighted by Crippen LogP contribution is -2.32. The molecular formula is C11H15ClF2N2O2. The number of hydrogen-bond acceptors (Lipinski definition) is 3. The number of carbonyl (C=O) groups is 1. The number of amides is 1. The maximum absolute atomic E-state index is 12.0. The number of carbonyl (C=O) groups excluding carboxylic acids is 1. The Kier molecular flexibility index (Phi) is 7.23. The predicted octanol–water partition coefficient (Wildman–Crippen LogP) is 1.85. The SMILES string of the molecule is CC(NC(=O)CN)c1cccc(OC(F)F)c1.Cl. The largest absolute Gasteiger partial charge is 0.435 e. The monoisotopic (exact) mass is 280 g/mol. The number of nitrogens with one attached hydrogen (secondary N) is 1. The number of ether oxygens (including phenoxy) is 1. The quantitative estimate of drug-likeness (QED) is 0.865. The fourth-order valence-electron chi connectivity index (χ4n) is 1.34. The van der Waals surface area contributed by atoms with Gasteiger partial charge in [-0.15, -0.1) is 12.4 Å². The van der Waals surface area contributed by atoms with Crippen LogP contribution in [0.5, 0.6) is 5.75 Å². The van der Waals surface area contributed by atoms with Gasteiger partial charge in [-0.3, -0.25) is 4.79 Å². The molecule has 0 aliphatic carbocycles. The molecule has 7 heteroatoms. The van der Waals surface area contributed by atoms with Gasteiger partial charge in [-0.05, 0) is 24.6 Å². The van der Waals surface area contributed by atoms with E-state index in [1.54, 1.807) is 19.1 Å². The molecule has 0 aromatic heterocycles. The summed E-state index contributed by atoms with van der Waals surface area (Å²) in [5.74, 6) is -0.246. The number of benzene rings is 1. The van der Waals surface area contributed by atoms with Crippen molar-refractivity contribution < 1.29 is 18.3 Å². The van der Waals surface area contributed by atoms with Crippen LogP contribution in [0.2, 0.25) is 0 Å². The number of hydrogen-bond donors (Lipinski definition) is 2. The predicted molar refractivity (Wildman–Crippen MR) is 65.9 cm³/mol. The van der Waals surface area contributed by atoms with E-state index in [9.17, 15) is 13.6 Å². The van der Waals surface area contributed by atoms with Gasteiger partial charge in [-0.2, -0.15) is 8.78 Å². The van der Waals surface area contributed by atoms with Crippen molar-refractivity contribution in [3.63, 3.8) is 0 Å². The van der Waals surface area contributed by atoms with Crippen LogP contribution in [0.25, 0.3) is 0 Å². The third-order valence-electron chi connectivity index (χ3n) is 2.15. The van der Waals surface area contributed by atoms with Crippen LogP contribution in [-0.2, 0) is 4.79 Å². The van der Waals surface area contributed by atoms with Gasteiger partial charge in [0.25, 0.3) is 0 Å². The van der Waals surface area contributed by atoms with E-state index in [2.05, 4.69) is 10.1 Å². The highest BCUT2D eigenvalue weighted by molar-refractivity contribution is 5.85. The maximum Gasteiger partial charge on any atom is 0.387 e. The van der Waals surface area contributed by atoms with Crippen molar-refractivity contribution in [2.75, 3.05) is 6.54 Å². The zero-order chi connectivity index (χ0) is 12.8. The van der Waals surface area contributed by atoms with E-state index in [0.717, 1.165) is 0 Å². The van der Waals surface area contributed by atoms with Gasteiger partial charge >= 0.3 is 6.61 Å². The van der Waals surface area contributed by atoms with Crippen molar-refractivity contribution in [2.45, 2.75) is 19.6 Å². The van der Waals surface area contributed by atoms with Crippen LogP contribution in [0.3, 0.4) is 0 Å². The molecule has 1 atom stereocenters. The fourth-order valence-corrected chi connectivity index (χ4v) is 1.34. The van der Waals surface area contributed by atoms with Crippen molar-refractivity contribution in [3.05, 3.63) is 29.8 Å². The van der Waals surface area contributed by atoms with Crippen LogP contribution >= 0.6 is 12.4 Å². The van der Waals surface area contributed by atoms with E-state index in [-0.39, 0.29) is 36.7 Å². The van der Waals surface area contributed by atoms with Gasteiger partial charge in [-0.1, -0.05) is 12.1 Å². The summed E-state index contributed by atoms with van der Waals surface area (Å²) >= 11 is 0. The molecular weight excluding hydrogens is 266 g/mol. The van der Waals surface area contributed by atoms with Gasteiger partial charge in [0.05, 0.1) is 12.6 Å². The van der Waals surface area contributed by atoms with E-state index < -0.39 is 6.61 Å². The number of rotatable bonds is 5. The molecule has 3 N–H and O–H groups in total. The third-order valence-corrected chi connectivity index (χ3v) is 2.15. The highest BCUT2D eigenvalue weighted by atomic mass is 35.5. The first-order chi connectivity index (χ1) is 8.02. The second-order valence-electron chi connectivity index (χ2n) is 3.44. The van der Waals surface area contributed by atoms with E-state index in [1.165, 1.54) is 12.1 Å². The summed E-state index contributed by atoms with van der Waals surface area (Å²) in [7, 11) is 0. The van der Waals surface area contributed by atoms with E-state index in [1.807, 2.05) is 0 Å². The standard InChI is InChI=1S/C11H14F2N2O2.ClH/c1-7(15-10(16)6-14)8-3-2-4-9(5-8)17-11(12)13;/h2-5,7,11H,6,14H2,1H3,(H,15,16);1H. The highest BCUT2D eigenvalue weighted by Crippen LogP contribution is 2.20. The lowest BCUT2D eigenvalue weighted by Gasteiger charge is -2.14. The second kappa shape index (κ2) is 7.84. The summed E-state index contributed by atoms with van der Waals surface area (Å²) < 4.78 is 28.3. The summed E-state index contributed by atoms with van der Waals surface area (Å²) in [6.07, 6.45) is 0. The molecule has 0 saturated carbocycles. The minimum atomic E-state index is -2.86. The zero-order valence-corrected chi connectivity index (χ0v) is 10.5. The average Bonchev–Trinajstić information content (AvgIpc) is 2.28. The van der Waals surface area contributed by atoms with E-state index >= 15 is 0 Å². The van der Waals surface area contributed by atoms with Gasteiger partial charge in [0.2, 0.25) is 5.91 Å². The molecule has 0 saturated heterocycles. The van der Waals surface area contributed by atoms with Crippen molar-refractivity contribution >= 4 is 18.3 Å². The molecule has 1 aromatic carbocycles. The molecule has 102 valence electrons. The van der Waals surface area contributed by atoms with Gasteiger partial charge in [0.1, 0.15) is 5.75 Å². The molecule has 1 rings (SSSR count). The summed E-state index contributed by atoms with van der Waals surface area (Å²) in [6, 6.07) is 5.85. The van der Waals surface area contributed by atoms with Gasteiger partial charge in [0.15, 0.2) is 0 Å². The number of halogens is 3. The Labute approximate surface area is 110 Å². The Morgan fingerprint density at radius 1 is 1.50 bits per heavy atom. The fraction of sp³-hybridized carbons (Fsp3) is 0.364. The van der Waals surface area contributed by atoms with Gasteiger partial charge < -0.3 is 15.8 Å². The average molecular weight is 281 g/mol. The second-order valence-corrected chi connectivity index (χ2v) is 3.44. The van der Waals surface area contributed by atoms with E-state index in [0.29, 0.717) is 5.56 Å². The number of nitrogens with two attached hydrogens (primary N) is 1. The van der Waals surface area contributed by atoms with Crippen LogP contribution in [0, 0.1) is 0 Å². The lowest BCUT2D eigenvalue weighted by atomic mass is 10.1. The molecule has 0 bridgehead atoms.